The Balaban J connectivity index is 1.57. The summed E-state index contributed by atoms with van der Waals surface area (Å²) in [7, 11) is 1.69. The molecule has 0 saturated heterocycles. The van der Waals surface area contributed by atoms with Crippen LogP contribution >= 0.6 is 15.9 Å². The number of hydrogen-bond donors (Lipinski definition) is 2. The fourth-order valence-electron chi connectivity index (χ4n) is 2.44. The monoisotopic (exact) mass is 359 g/mol. The third kappa shape index (κ3) is 3.31. The van der Waals surface area contributed by atoms with Crippen molar-refractivity contribution in [3.8, 4) is 5.75 Å². The number of fused-ring (bicyclic) bond motifs is 1. The maximum absolute atomic E-state index is 5.24. The predicted octanol–water partition coefficient (Wildman–Crippen LogP) is 3.67. The lowest BCUT2D eigenvalue weighted by Gasteiger charge is -2.06. The second kappa shape index (κ2) is 6.94. The summed E-state index contributed by atoms with van der Waals surface area (Å²) < 4.78 is 6.33. The van der Waals surface area contributed by atoms with Gasteiger partial charge in [0.25, 0.3) is 0 Å². The highest BCUT2D eigenvalue weighted by atomic mass is 79.9. The van der Waals surface area contributed by atoms with Gasteiger partial charge in [0, 0.05) is 28.3 Å². The van der Waals surface area contributed by atoms with Crippen molar-refractivity contribution in [1.29, 1.82) is 0 Å². The first kappa shape index (κ1) is 15.1. The van der Waals surface area contributed by atoms with E-state index < -0.39 is 0 Å². The number of hydrogen-bond acceptors (Lipinski definition) is 3. The molecule has 114 valence electrons. The Morgan fingerprint density at radius 3 is 3.00 bits per heavy atom. The molecule has 0 bridgehead atoms. The van der Waals surface area contributed by atoms with Gasteiger partial charge in [0.05, 0.1) is 7.11 Å². The van der Waals surface area contributed by atoms with Crippen LogP contribution in [-0.2, 0) is 13.0 Å². The van der Waals surface area contributed by atoms with E-state index >= 15 is 0 Å². The zero-order valence-corrected chi connectivity index (χ0v) is 14.0. The van der Waals surface area contributed by atoms with Gasteiger partial charge in [0.1, 0.15) is 11.4 Å². The Kier molecular flexibility index (Phi) is 4.75. The molecule has 5 heteroatoms. The third-order valence-corrected chi connectivity index (χ3v) is 4.51. The summed E-state index contributed by atoms with van der Waals surface area (Å²) in [5, 5.41) is 4.58. The summed E-state index contributed by atoms with van der Waals surface area (Å²) in [6.45, 7) is 1.68. The van der Waals surface area contributed by atoms with Crippen LogP contribution in [0.25, 0.3) is 11.0 Å². The van der Waals surface area contributed by atoms with E-state index in [-0.39, 0.29) is 0 Å². The van der Waals surface area contributed by atoms with Crippen molar-refractivity contribution in [2.75, 3.05) is 13.7 Å². The van der Waals surface area contributed by atoms with Gasteiger partial charge >= 0.3 is 0 Å². The number of pyridine rings is 1. The minimum Gasteiger partial charge on any atom is -0.497 e. The number of H-pyrrole nitrogens is 1. The van der Waals surface area contributed by atoms with Crippen LogP contribution in [0.3, 0.4) is 0 Å². The van der Waals surface area contributed by atoms with Crippen molar-refractivity contribution in [3.05, 3.63) is 58.3 Å². The van der Waals surface area contributed by atoms with Gasteiger partial charge in [-0.1, -0.05) is 12.1 Å². The summed E-state index contributed by atoms with van der Waals surface area (Å²) in [6.07, 6.45) is 2.76. The smallest absolute Gasteiger partial charge is 0.138 e. The first-order chi connectivity index (χ1) is 10.8. The first-order valence-electron chi connectivity index (χ1n) is 7.22. The van der Waals surface area contributed by atoms with Crippen molar-refractivity contribution in [1.82, 2.24) is 15.3 Å². The minimum absolute atomic E-state index is 0.779. The quantitative estimate of drug-likeness (QED) is 0.660. The molecule has 0 unspecified atom stereocenters. The maximum atomic E-state index is 5.24. The molecule has 0 aliphatic heterocycles. The number of nitrogens with zero attached hydrogens (tertiary/aromatic N) is 1. The summed E-state index contributed by atoms with van der Waals surface area (Å²) in [5.41, 5.74) is 3.31. The average molecular weight is 360 g/mol. The molecule has 3 aromatic rings. The number of methoxy groups -OCH3 is 1. The first-order valence-corrected chi connectivity index (χ1v) is 8.02. The van der Waals surface area contributed by atoms with Gasteiger partial charge in [-0.3, -0.25) is 0 Å². The van der Waals surface area contributed by atoms with Crippen LogP contribution in [0.15, 0.2) is 47.1 Å². The molecular weight excluding hydrogens is 342 g/mol. The molecule has 3 rings (SSSR count). The van der Waals surface area contributed by atoms with Crippen LogP contribution < -0.4 is 10.1 Å². The third-order valence-electron chi connectivity index (χ3n) is 3.60. The number of benzene rings is 1. The largest absolute Gasteiger partial charge is 0.497 e. The van der Waals surface area contributed by atoms with E-state index in [1.807, 2.05) is 18.2 Å². The lowest BCUT2D eigenvalue weighted by atomic mass is 10.1. The normalized spacial score (nSPS) is 11.0. The zero-order valence-electron chi connectivity index (χ0n) is 12.4. The number of ether oxygens (including phenoxy) is 1. The molecule has 0 atom stereocenters. The second-order valence-corrected chi connectivity index (χ2v) is 5.89. The number of rotatable bonds is 6. The van der Waals surface area contributed by atoms with Crippen LogP contribution in [0.2, 0.25) is 0 Å². The summed E-state index contributed by atoms with van der Waals surface area (Å²) in [4.78, 5) is 7.67. The van der Waals surface area contributed by atoms with Crippen molar-refractivity contribution >= 4 is 27.0 Å². The molecule has 2 aromatic heterocycles. The number of nitrogens with one attached hydrogen (secondary N) is 2. The van der Waals surface area contributed by atoms with E-state index in [0.717, 1.165) is 46.5 Å². The Labute approximate surface area is 138 Å². The van der Waals surface area contributed by atoms with E-state index in [1.165, 1.54) is 5.56 Å². The molecule has 0 spiro atoms. The van der Waals surface area contributed by atoms with E-state index in [0.29, 0.717) is 0 Å². The Morgan fingerprint density at radius 1 is 1.27 bits per heavy atom. The van der Waals surface area contributed by atoms with Crippen LogP contribution in [0.4, 0.5) is 0 Å². The van der Waals surface area contributed by atoms with Gasteiger partial charge in [-0.2, -0.15) is 0 Å². The van der Waals surface area contributed by atoms with Crippen molar-refractivity contribution < 1.29 is 4.74 Å². The number of halogens is 1. The lowest BCUT2D eigenvalue weighted by molar-refractivity contribution is 0.414. The van der Waals surface area contributed by atoms with Gasteiger partial charge in [-0.15, -0.1) is 0 Å². The predicted molar refractivity (Wildman–Crippen MR) is 92.2 cm³/mol. The Hall–Kier alpha value is -1.85. The fraction of sp³-hybridized carbons (Fsp3) is 0.235. The Bertz CT molecular complexity index is 769. The van der Waals surface area contributed by atoms with Crippen LogP contribution in [0, 0.1) is 0 Å². The number of aromatic nitrogens is 2. The second-order valence-electron chi connectivity index (χ2n) is 5.10. The van der Waals surface area contributed by atoms with Gasteiger partial charge in [-0.05, 0) is 58.7 Å². The minimum atomic E-state index is 0.779. The highest BCUT2D eigenvalue weighted by molar-refractivity contribution is 9.10. The van der Waals surface area contributed by atoms with Gasteiger partial charge in [-0.25, -0.2) is 4.98 Å². The molecule has 22 heavy (non-hydrogen) atoms. The van der Waals surface area contributed by atoms with E-state index in [1.54, 1.807) is 13.3 Å². The molecule has 1 aromatic carbocycles. The fourth-order valence-corrected chi connectivity index (χ4v) is 3.00. The zero-order chi connectivity index (χ0) is 15.4. The average Bonchev–Trinajstić information content (AvgIpc) is 2.88. The van der Waals surface area contributed by atoms with E-state index in [9.17, 15) is 0 Å². The van der Waals surface area contributed by atoms with Crippen molar-refractivity contribution in [2.24, 2.45) is 0 Å². The molecule has 0 aliphatic rings. The van der Waals surface area contributed by atoms with E-state index in [2.05, 4.69) is 49.4 Å². The summed E-state index contributed by atoms with van der Waals surface area (Å²) in [6, 6.07) is 12.2. The molecule has 2 N–H and O–H groups in total. The van der Waals surface area contributed by atoms with Gasteiger partial charge in [0.15, 0.2) is 0 Å². The molecule has 0 saturated carbocycles. The molecule has 0 aliphatic carbocycles. The highest BCUT2D eigenvalue weighted by Crippen LogP contribution is 2.26. The number of aromatic amines is 1. The van der Waals surface area contributed by atoms with Crippen LogP contribution in [0.5, 0.6) is 5.75 Å². The van der Waals surface area contributed by atoms with Gasteiger partial charge < -0.3 is 15.0 Å². The maximum Gasteiger partial charge on any atom is 0.138 e. The van der Waals surface area contributed by atoms with Crippen molar-refractivity contribution in [3.63, 3.8) is 0 Å². The molecule has 4 nitrogen and oxygen atoms in total. The lowest BCUT2D eigenvalue weighted by Crippen LogP contribution is -2.17. The SMILES string of the molecule is COc1cccc(CCNCc2[nH]c3ncccc3c2Br)c1. The van der Waals surface area contributed by atoms with Gasteiger partial charge in [0.2, 0.25) is 0 Å². The topological polar surface area (TPSA) is 49.9 Å². The molecular formula is C17H18BrN3O. The molecule has 0 radical (unpaired) electrons. The highest BCUT2D eigenvalue weighted by Gasteiger charge is 2.08. The van der Waals surface area contributed by atoms with Crippen LogP contribution in [0.1, 0.15) is 11.3 Å². The van der Waals surface area contributed by atoms with Crippen molar-refractivity contribution in [2.45, 2.75) is 13.0 Å². The summed E-state index contributed by atoms with van der Waals surface area (Å²) in [5.74, 6) is 0.905. The Morgan fingerprint density at radius 2 is 2.18 bits per heavy atom. The molecule has 0 amide bonds. The molecule has 0 fully saturated rings. The summed E-state index contributed by atoms with van der Waals surface area (Å²) >= 11 is 3.64. The standard InChI is InChI=1S/C17H18BrN3O/c1-22-13-5-2-4-12(10-13)7-9-19-11-15-16(18)14-6-3-8-20-17(14)21-15/h2-6,8,10,19H,7,9,11H2,1H3,(H,20,21). The van der Waals surface area contributed by atoms with Crippen LogP contribution in [-0.4, -0.2) is 23.6 Å². The van der Waals surface area contributed by atoms with E-state index in [4.69, 9.17) is 4.74 Å². The molecule has 2 heterocycles.